The number of carbonyl (C=O) groups is 1. The molecule has 2 heterocycles. The first-order valence-corrected chi connectivity index (χ1v) is 12.4. The Kier molecular flexibility index (Phi) is 6.64. The molecule has 2 aromatic heterocycles. The van der Waals surface area contributed by atoms with E-state index >= 15 is 0 Å². The number of hydrogen-bond donors (Lipinski definition) is 3. The third-order valence-electron chi connectivity index (χ3n) is 7.64. The minimum absolute atomic E-state index is 0.0106. The molecule has 0 spiro atoms. The Morgan fingerprint density at radius 3 is 2.46 bits per heavy atom. The molecule has 2 aliphatic rings. The summed E-state index contributed by atoms with van der Waals surface area (Å²) < 4.78 is 44.4. The van der Waals surface area contributed by atoms with Crippen LogP contribution in [-0.2, 0) is 12.0 Å². The van der Waals surface area contributed by atoms with E-state index in [0.29, 0.717) is 31.2 Å². The Morgan fingerprint density at radius 2 is 1.81 bits per heavy atom. The van der Waals surface area contributed by atoms with Crippen molar-refractivity contribution < 1.29 is 28.2 Å². The van der Waals surface area contributed by atoms with Crippen molar-refractivity contribution in [1.82, 2.24) is 9.97 Å². The number of Topliss-reactive ketones (excluding diaryl/α,β-unsaturated/α-hetero) is 1. The van der Waals surface area contributed by atoms with Crippen LogP contribution in [0.25, 0.3) is 11.3 Å². The van der Waals surface area contributed by atoms with Gasteiger partial charge in [0.25, 0.3) is 0 Å². The Morgan fingerprint density at radius 1 is 1.11 bits per heavy atom. The van der Waals surface area contributed by atoms with E-state index in [1.165, 1.54) is 6.07 Å². The van der Waals surface area contributed by atoms with E-state index in [-0.39, 0.29) is 35.6 Å². The molecule has 0 aliphatic heterocycles. The van der Waals surface area contributed by atoms with Crippen LogP contribution in [0.3, 0.4) is 0 Å². The lowest BCUT2D eigenvalue weighted by Crippen LogP contribution is -2.44. The SMILES string of the molecule is C[C@H]1C[C@@H](c2ccncc2CC(=O)c2ccc(F)c(-c3c(F)cc(C4(O)CC4)cc3F)n2)C[C@@H](N)[C@@H]1O. The highest BCUT2D eigenvalue weighted by Gasteiger charge is 2.43. The largest absolute Gasteiger partial charge is 0.391 e. The molecule has 0 saturated heterocycles. The van der Waals surface area contributed by atoms with E-state index in [1.807, 2.05) is 13.0 Å². The van der Waals surface area contributed by atoms with Gasteiger partial charge in [0.1, 0.15) is 28.8 Å². The van der Waals surface area contributed by atoms with Crippen LogP contribution in [0, 0.1) is 23.4 Å². The molecule has 2 saturated carbocycles. The normalized spacial score (nSPS) is 24.6. The van der Waals surface area contributed by atoms with Crippen molar-refractivity contribution in [2.45, 2.75) is 62.7 Å². The molecule has 0 radical (unpaired) electrons. The predicted octanol–water partition coefficient (Wildman–Crippen LogP) is 4.17. The summed E-state index contributed by atoms with van der Waals surface area (Å²) in [6.45, 7) is 1.93. The van der Waals surface area contributed by atoms with Crippen LogP contribution >= 0.6 is 0 Å². The fraction of sp³-hybridized carbons (Fsp3) is 0.393. The Balaban J connectivity index is 1.43. The fourth-order valence-electron chi connectivity index (χ4n) is 5.32. The van der Waals surface area contributed by atoms with Crippen molar-refractivity contribution in [3.05, 3.63) is 82.6 Å². The Labute approximate surface area is 212 Å². The zero-order valence-electron chi connectivity index (χ0n) is 20.3. The second-order valence-corrected chi connectivity index (χ2v) is 10.3. The van der Waals surface area contributed by atoms with Crippen LogP contribution < -0.4 is 5.73 Å². The topological polar surface area (TPSA) is 109 Å². The van der Waals surface area contributed by atoms with Crippen LogP contribution in [0.5, 0.6) is 0 Å². The van der Waals surface area contributed by atoms with E-state index in [1.54, 1.807) is 12.4 Å². The monoisotopic (exact) mass is 511 g/mol. The number of aromatic nitrogens is 2. The van der Waals surface area contributed by atoms with Gasteiger partial charge in [-0.3, -0.25) is 9.78 Å². The molecule has 5 rings (SSSR count). The zero-order chi connectivity index (χ0) is 26.5. The van der Waals surface area contributed by atoms with Crippen LogP contribution in [0.4, 0.5) is 13.2 Å². The summed E-state index contributed by atoms with van der Waals surface area (Å²) in [5.41, 5.74) is 5.07. The zero-order valence-corrected chi connectivity index (χ0v) is 20.3. The number of nitrogens with zero attached hydrogens (tertiary/aromatic N) is 2. The molecule has 1 aromatic carbocycles. The highest BCUT2D eigenvalue weighted by molar-refractivity contribution is 5.96. The van der Waals surface area contributed by atoms with E-state index in [2.05, 4.69) is 9.97 Å². The Hall–Kier alpha value is -3.14. The summed E-state index contributed by atoms with van der Waals surface area (Å²) in [6, 6.07) is 5.55. The maximum absolute atomic E-state index is 14.9. The summed E-state index contributed by atoms with van der Waals surface area (Å²) in [7, 11) is 0. The summed E-state index contributed by atoms with van der Waals surface area (Å²) >= 11 is 0. The average molecular weight is 512 g/mol. The van der Waals surface area contributed by atoms with Gasteiger partial charge in [-0.2, -0.15) is 0 Å². The van der Waals surface area contributed by atoms with Gasteiger partial charge in [0, 0.05) is 24.9 Å². The molecule has 6 nitrogen and oxygen atoms in total. The number of ketones is 1. The van der Waals surface area contributed by atoms with Gasteiger partial charge in [-0.05, 0) is 84.5 Å². The lowest BCUT2D eigenvalue weighted by molar-refractivity contribution is 0.0519. The molecule has 2 aliphatic carbocycles. The molecule has 4 atom stereocenters. The number of pyridine rings is 2. The first kappa shape index (κ1) is 25.5. The van der Waals surface area contributed by atoms with Crippen LogP contribution in [0.2, 0.25) is 0 Å². The van der Waals surface area contributed by atoms with Crippen molar-refractivity contribution in [2.75, 3.05) is 0 Å². The number of carbonyl (C=O) groups excluding carboxylic acids is 1. The second-order valence-electron chi connectivity index (χ2n) is 10.3. The van der Waals surface area contributed by atoms with Gasteiger partial charge in [-0.25, -0.2) is 18.2 Å². The van der Waals surface area contributed by atoms with Crippen LogP contribution in [0.15, 0.2) is 42.7 Å². The molecule has 2 fully saturated rings. The molecular weight excluding hydrogens is 483 g/mol. The van der Waals surface area contributed by atoms with Gasteiger partial charge in [-0.1, -0.05) is 6.92 Å². The van der Waals surface area contributed by atoms with Gasteiger partial charge in [-0.15, -0.1) is 0 Å². The quantitative estimate of drug-likeness (QED) is 0.429. The number of aliphatic hydroxyl groups is 2. The smallest absolute Gasteiger partial charge is 0.185 e. The van der Waals surface area contributed by atoms with Crippen molar-refractivity contribution in [3.63, 3.8) is 0 Å². The minimum Gasteiger partial charge on any atom is -0.391 e. The van der Waals surface area contributed by atoms with E-state index in [9.17, 15) is 28.2 Å². The maximum atomic E-state index is 14.9. The highest BCUT2D eigenvalue weighted by atomic mass is 19.1. The average Bonchev–Trinajstić information content (AvgIpc) is 3.61. The summed E-state index contributed by atoms with van der Waals surface area (Å²) in [6.07, 6.45) is 4.57. The van der Waals surface area contributed by atoms with Gasteiger partial charge >= 0.3 is 0 Å². The first-order chi connectivity index (χ1) is 17.6. The number of aliphatic hydroxyl groups excluding tert-OH is 1. The van der Waals surface area contributed by atoms with E-state index in [4.69, 9.17) is 5.73 Å². The van der Waals surface area contributed by atoms with E-state index < -0.39 is 46.2 Å². The van der Waals surface area contributed by atoms with Gasteiger partial charge in [0.2, 0.25) is 0 Å². The van der Waals surface area contributed by atoms with Crippen LogP contribution in [0.1, 0.15) is 65.7 Å². The highest BCUT2D eigenvalue weighted by Crippen LogP contribution is 2.46. The van der Waals surface area contributed by atoms with Crippen molar-refractivity contribution in [1.29, 1.82) is 0 Å². The number of rotatable bonds is 6. The molecular formula is C28H28F3N3O3. The predicted molar refractivity (Wildman–Crippen MR) is 130 cm³/mol. The lowest BCUT2D eigenvalue weighted by atomic mass is 9.74. The molecule has 0 bridgehead atoms. The molecule has 194 valence electrons. The summed E-state index contributed by atoms with van der Waals surface area (Å²) in [5, 5.41) is 20.4. The van der Waals surface area contributed by atoms with Gasteiger partial charge in [0.05, 0.1) is 17.3 Å². The number of benzene rings is 1. The van der Waals surface area contributed by atoms with Crippen LogP contribution in [-0.4, -0.2) is 38.1 Å². The number of halogens is 3. The second kappa shape index (κ2) is 9.63. The maximum Gasteiger partial charge on any atom is 0.185 e. The third-order valence-corrected chi connectivity index (χ3v) is 7.64. The van der Waals surface area contributed by atoms with Gasteiger partial charge in [0.15, 0.2) is 5.78 Å². The molecule has 9 heteroatoms. The summed E-state index contributed by atoms with van der Waals surface area (Å²) in [5.74, 6) is -3.55. The van der Waals surface area contributed by atoms with E-state index in [0.717, 1.165) is 23.8 Å². The number of hydrogen-bond acceptors (Lipinski definition) is 6. The minimum atomic E-state index is -1.26. The molecule has 4 N–H and O–H groups in total. The van der Waals surface area contributed by atoms with Crippen molar-refractivity contribution in [3.8, 4) is 11.3 Å². The molecule has 0 amide bonds. The Bertz CT molecular complexity index is 1330. The number of nitrogens with two attached hydrogens (primary N) is 1. The van der Waals surface area contributed by atoms with Crippen molar-refractivity contribution in [2.24, 2.45) is 11.7 Å². The fourth-order valence-corrected chi connectivity index (χ4v) is 5.32. The molecule has 37 heavy (non-hydrogen) atoms. The standard InChI is InChI=1S/C28H28F3N3O3/c1-14-8-15(9-22(32)27(14)36)18-4-7-33-13-16(18)10-24(35)23-3-2-19(29)26(34-23)25-20(30)11-17(12-21(25)31)28(37)5-6-28/h2-4,7,11-15,22,27,36-37H,5-6,8-10,32H2,1H3/t14-,15+,22+,27+/m0/s1. The van der Waals surface area contributed by atoms with Crippen molar-refractivity contribution >= 4 is 5.78 Å². The third kappa shape index (κ3) is 4.91. The summed E-state index contributed by atoms with van der Waals surface area (Å²) in [4.78, 5) is 21.3. The molecule has 0 unspecified atom stereocenters. The van der Waals surface area contributed by atoms with Gasteiger partial charge < -0.3 is 15.9 Å². The first-order valence-electron chi connectivity index (χ1n) is 12.4. The molecule has 3 aromatic rings. The lowest BCUT2D eigenvalue weighted by Gasteiger charge is -2.36.